The van der Waals surface area contributed by atoms with Crippen LogP contribution >= 0.6 is 0 Å². The van der Waals surface area contributed by atoms with Crippen molar-refractivity contribution in [2.24, 2.45) is 5.92 Å². The first-order chi connectivity index (χ1) is 12.0. The second-order valence-electron chi connectivity index (χ2n) is 6.31. The number of H-pyrrole nitrogens is 1. The monoisotopic (exact) mass is 357 g/mol. The molecule has 1 aromatic heterocycles. The smallest absolute Gasteiger partial charge is 0.243 e. The summed E-state index contributed by atoms with van der Waals surface area (Å²) in [6.45, 7) is 1.58. The number of fused-ring (bicyclic) bond motifs is 1. The lowest BCUT2D eigenvalue weighted by Crippen LogP contribution is -2.52. The second kappa shape index (κ2) is 6.09. The Labute approximate surface area is 146 Å². The van der Waals surface area contributed by atoms with Gasteiger partial charge in [-0.2, -0.15) is 4.31 Å². The number of hydrogen-bond donors (Lipinski definition) is 3. The molecule has 0 radical (unpaired) electrons. The highest BCUT2D eigenvalue weighted by molar-refractivity contribution is 7.89. The SMILES string of the molecule is O=S(=O)(c1ccc2cc[nH]c2c1)N1CC(CNc2ccccc2O)C1. The van der Waals surface area contributed by atoms with E-state index < -0.39 is 10.0 Å². The van der Waals surface area contributed by atoms with E-state index in [1.807, 2.05) is 18.2 Å². The zero-order chi connectivity index (χ0) is 17.4. The van der Waals surface area contributed by atoms with Crippen LogP contribution in [-0.2, 0) is 10.0 Å². The minimum atomic E-state index is -3.46. The summed E-state index contributed by atoms with van der Waals surface area (Å²) in [6, 6.07) is 14.1. The Morgan fingerprint density at radius 3 is 2.76 bits per heavy atom. The molecular formula is C18H19N3O3S. The third-order valence-electron chi connectivity index (χ3n) is 4.57. The summed E-state index contributed by atoms with van der Waals surface area (Å²) in [6.07, 6.45) is 1.80. The highest BCUT2D eigenvalue weighted by Gasteiger charge is 2.36. The maximum atomic E-state index is 12.7. The van der Waals surface area contributed by atoms with Crippen molar-refractivity contribution in [3.8, 4) is 5.75 Å². The van der Waals surface area contributed by atoms with Gasteiger partial charge in [0, 0.05) is 37.3 Å². The lowest BCUT2D eigenvalue weighted by molar-refractivity contribution is 0.211. The minimum absolute atomic E-state index is 0.200. The average Bonchev–Trinajstić information content (AvgIpc) is 3.02. The molecule has 0 amide bonds. The van der Waals surface area contributed by atoms with Crippen LogP contribution in [0.4, 0.5) is 5.69 Å². The number of anilines is 1. The van der Waals surface area contributed by atoms with E-state index in [0.717, 1.165) is 10.9 Å². The van der Waals surface area contributed by atoms with Crippen LogP contribution in [0.25, 0.3) is 10.9 Å². The van der Waals surface area contributed by atoms with Gasteiger partial charge in [0.25, 0.3) is 0 Å². The zero-order valence-corrected chi connectivity index (χ0v) is 14.3. The second-order valence-corrected chi connectivity index (χ2v) is 8.25. The molecular weight excluding hydrogens is 338 g/mol. The van der Waals surface area contributed by atoms with E-state index in [0.29, 0.717) is 30.2 Å². The van der Waals surface area contributed by atoms with E-state index in [1.54, 1.807) is 36.5 Å². The molecule has 25 heavy (non-hydrogen) atoms. The quantitative estimate of drug-likeness (QED) is 0.613. The molecule has 7 heteroatoms. The minimum Gasteiger partial charge on any atom is -0.506 e. The van der Waals surface area contributed by atoms with Gasteiger partial charge in [-0.3, -0.25) is 0 Å². The molecule has 1 fully saturated rings. The van der Waals surface area contributed by atoms with E-state index in [-0.39, 0.29) is 11.7 Å². The number of hydrogen-bond acceptors (Lipinski definition) is 4. The van der Waals surface area contributed by atoms with Gasteiger partial charge >= 0.3 is 0 Å². The number of sulfonamides is 1. The predicted molar refractivity (Wildman–Crippen MR) is 97.1 cm³/mol. The van der Waals surface area contributed by atoms with Crippen LogP contribution in [0.15, 0.2) is 59.6 Å². The number of para-hydroxylation sites is 2. The molecule has 130 valence electrons. The number of rotatable bonds is 5. The molecule has 1 saturated heterocycles. The number of nitrogens with zero attached hydrogens (tertiary/aromatic N) is 1. The predicted octanol–water partition coefficient (Wildman–Crippen LogP) is 2.61. The number of nitrogens with one attached hydrogen (secondary N) is 2. The molecule has 3 N–H and O–H groups in total. The number of phenols is 1. The van der Waals surface area contributed by atoms with Gasteiger partial charge in [0.05, 0.1) is 10.6 Å². The summed E-state index contributed by atoms with van der Waals surface area (Å²) >= 11 is 0. The van der Waals surface area contributed by atoms with Crippen molar-refractivity contribution in [1.82, 2.24) is 9.29 Å². The normalized spacial score (nSPS) is 16.0. The van der Waals surface area contributed by atoms with Gasteiger partial charge in [-0.25, -0.2) is 8.42 Å². The molecule has 2 aromatic carbocycles. The summed E-state index contributed by atoms with van der Waals surface area (Å²) in [5, 5.41) is 13.9. The van der Waals surface area contributed by atoms with Crippen molar-refractivity contribution in [2.45, 2.75) is 4.90 Å². The van der Waals surface area contributed by atoms with Crippen LogP contribution < -0.4 is 5.32 Å². The lowest BCUT2D eigenvalue weighted by atomic mass is 10.0. The number of phenolic OH excluding ortho intramolecular Hbond substituents is 1. The van der Waals surface area contributed by atoms with E-state index in [2.05, 4.69) is 10.3 Å². The van der Waals surface area contributed by atoms with Crippen molar-refractivity contribution in [2.75, 3.05) is 25.0 Å². The zero-order valence-electron chi connectivity index (χ0n) is 13.5. The fourth-order valence-corrected chi connectivity index (χ4v) is 4.68. The first-order valence-electron chi connectivity index (χ1n) is 8.13. The van der Waals surface area contributed by atoms with Crippen molar-refractivity contribution < 1.29 is 13.5 Å². The topological polar surface area (TPSA) is 85.4 Å². The summed E-state index contributed by atoms with van der Waals surface area (Å²) in [5.41, 5.74) is 1.49. The average molecular weight is 357 g/mol. The third kappa shape index (κ3) is 2.96. The number of aromatic hydroxyl groups is 1. The molecule has 0 bridgehead atoms. The molecule has 3 aromatic rings. The largest absolute Gasteiger partial charge is 0.506 e. The van der Waals surface area contributed by atoms with Crippen LogP contribution in [0.1, 0.15) is 0 Å². The summed E-state index contributed by atoms with van der Waals surface area (Å²) < 4.78 is 26.9. The van der Waals surface area contributed by atoms with Gasteiger partial charge in [-0.1, -0.05) is 18.2 Å². The fraction of sp³-hybridized carbons (Fsp3) is 0.222. The maximum Gasteiger partial charge on any atom is 0.243 e. The lowest BCUT2D eigenvalue weighted by Gasteiger charge is -2.38. The fourth-order valence-electron chi connectivity index (χ4n) is 3.06. The van der Waals surface area contributed by atoms with Crippen LogP contribution in [0.5, 0.6) is 5.75 Å². The molecule has 0 saturated carbocycles. The summed E-state index contributed by atoms with van der Waals surface area (Å²) in [5.74, 6) is 0.425. The van der Waals surface area contributed by atoms with Crippen molar-refractivity contribution in [1.29, 1.82) is 0 Å². The van der Waals surface area contributed by atoms with Crippen molar-refractivity contribution in [3.05, 3.63) is 54.7 Å². The van der Waals surface area contributed by atoms with Gasteiger partial charge in [0.15, 0.2) is 0 Å². The number of aromatic nitrogens is 1. The molecule has 4 rings (SSSR count). The highest BCUT2D eigenvalue weighted by Crippen LogP contribution is 2.28. The number of benzene rings is 2. The van der Waals surface area contributed by atoms with Gasteiger partial charge in [0.1, 0.15) is 5.75 Å². The molecule has 2 heterocycles. The van der Waals surface area contributed by atoms with Crippen LogP contribution in [0.3, 0.4) is 0 Å². The van der Waals surface area contributed by atoms with Gasteiger partial charge < -0.3 is 15.4 Å². The standard InChI is InChI=1S/C18H19N3O3S/c22-18-4-2-1-3-16(18)20-10-13-11-21(12-13)25(23,24)15-6-5-14-7-8-19-17(14)9-15/h1-9,13,19-20,22H,10-12H2. The summed E-state index contributed by atoms with van der Waals surface area (Å²) in [7, 11) is -3.46. The Morgan fingerprint density at radius 2 is 1.96 bits per heavy atom. The van der Waals surface area contributed by atoms with E-state index in [1.165, 1.54) is 4.31 Å². The molecule has 6 nitrogen and oxygen atoms in total. The maximum absolute atomic E-state index is 12.7. The van der Waals surface area contributed by atoms with E-state index in [9.17, 15) is 13.5 Å². The third-order valence-corrected chi connectivity index (χ3v) is 6.40. The Balaban J connectivity index is 1.40. The van der Waals surface area contributed by atoms with Crippen LogP contribution in [0.2, 0.25) is 0 Å². The molecule has 0 atom stereocenters. The first kappa shape index (κ1) is 16.0. The van der Waals surface area contributed by atoms with E-state index in [4.69, 9.17) is 0 Å². The van der Waals surface area contributed by atoms with E-state index >= 15 is 0 Å². The van der Waals surface area contributed by atoms with Gasteiger partial charge in [-0.15, -0.1) is 0 Å². The van der Waals surface area contributed by atoms with Gasteiger partial charge in [-0.05, 0) is 35.7 Å². The summed E-state index contributed by atoms with van der Waals surface area (Å²) in [4.78, 5) is 3.36. The molecule has 0 spiro atoms. The molecule has 1 aliphatic rings. The van der Waals surface area contributed by atoms with Crippen LogP contribution in [-0.4, -0.2) is 42.4 Å². The number of aromatic amines is 1. The van der Waals surface area contributed by atoms with Crippen molar-refractivity contribution >= 4 is 26.6 Å². The highest BCUT2D eigenvalue weighted by atomic mass is 32.2. The van der Waals surface area contributed by atoms with Crippen molar-refractivity contribution in [3.63, 3.8) is 0 Å². The molecule has 1 aliphatic heterocycles. The Hall–Kier alpha value is -2.51. The first-order valence-corrected chi connectivity index (χ1v) is 9.57. The molecule has 0 aliphatic carbocycles. The van der Waals surface area contributed by atoms with Gasteiger partial charge in [0.2, 0.25) is 10.0 Å². The van der Waals surface area contributed by atoms with Crippen LogP contribution in [0, 0.1) is 5.92 Å². The Morgan fingerprint density at radius 1 is 1.16 bits per heavy atom. The Kier molecular flexibility index (Phi) is 3.89. The Bertz CT molecular complexity index is 1010. The molecule has 0 unspecified atom stereocenters.